The monoisotopic (exact) mass is 424 g/mol. The fourth-order valence-electron chi connectivity index (χ4n) is 3.94. The maximum Gasteiger partial charge on any atom is 0.321 e. The highest BCUT2D eigenvalue weighted by Crippen LogP contribution is 2.31. The number of esters is 1. The Morgan fingerprint density at radius 1 is 1.06 bits per heavy atom. The van der Waals surface area contributed by atoms with E-state index < -0.39 is 29.7 Å². The van der Waals surface area contributed by atoms with Gasteiger partial charge in [0.25, 0.3) is 0 Å². The van der Waals surface area contributed by atoms with Crippen LogP contribution >= 0.6 is 0 Å². The molecule has 7 nitrogen and oxygen atoms in total. The van der Waals surface area contributed by atoms with Gasteiger partial charge in [0.15, 0.2) is 5.92 Å². The number of piperazine rings is 1. The number of rotatable bonds is 4. The molecule has 2 heterocycles. The van der Waals surface area contributed by atoms with Gasteiger partial charge in [0.05, 0.1) is 6.61 Å². The van der Waals surface area contributed by atoms with Gasteiger partial charge in [-0.05, 0) is 36.8 Å². The summed E-state index contributed by atoms with van der Waals surface area (Å²) in [7, 11) is 0. The van der Waals surface area contributed by atoms with Crippen LogP contribution in [0.15, 0.2) is 59.6 Å². The molecule has 0 aliphatic carbocycles. The summed E-state index contributed by atoms with van der Waals surface area (Å²) in [5.74, 6) is -2.15. The lowest BCUT2D eigenvalue weighted by Gasteiger charge is -2.39. The molecule has 2 unspecified atom stereocenters. The van der Waals surface area contributed by atoms with Crippen LogP contribution in [0.2, 0.25) is 0 Å². The number of ether oxygens (including phenoxy) is 1. The van der Waals surface area contributed by atoms with Gasteiger partial charge in [-0.25, -0.2) is 9.38 Å². The van der Waals surface area contributed by atoms with Crippen LogP contribution in [0, 0.1) is 11.7 Å². The second-order valence-electron chi connectivity index (χ2n) is 7.48. The molecular weight excluding hydrogens is 399 g/mol. The summed E-state index contributed by atoms with van der Waals surface area (Å²) in [5.41, 5.74) is 1.75. The number of anilines is 1. The Labute approximate surface area is 180 Å². The van der Waals surface area contributed by atoms with Crippen molar-refractivity contribution in [3.63, 3.8) is 0 Å². The summed E-state index contributed by atoms with van der Waals surface area (Å²) >= 11 is 0. The first kappa shape index (κ1) is 20.8. The first-order chi connectivity index (χ1) is 15.1. The normalized spacial score (nSPS) is 21.4. The molecule has 0 saturated carbocycles. The predicted molar refractivity (Wildman–Crippen MR) is 115 cm³/mol. The lowest BCUT2D eigenvalue weighted by molar-refractivity contribution is -0.153. The zero-order chi connectivity index (χ0) is 21.8. The van der Waals surface area contributed by atoms with E-state index in [4.69, 9.17) is 9.73 Å². The van der Waals surface area contributed by atoms with Crippen molar-refractivity contribution >= 4 is 23.5 Å². The van der Waals surface area contributed by atoms with E-state index in [1.807, 2.05) is 23.1 Å². The number of halogens is 1. The fourth-order valence-corrected chi connectivity index (χ4v) is 3.94. The molecule has 0 aromatic heterocycles. The molecule has 0 bridgehead atoms. The SMILES string of the molecule is CCOC(=O)C1C(=O)NC(N2CCN(c3ccccc3)CC2)=NC1c1ccc(F)cc1. The van der Waals surface area contributed by atoms with E-state index in [2.05, 4.69) is 22.3 Å². The maximum absolute atomic E-state index is 13.4. The summed E-state index contributed by atoms with van der Waals surface area (Å²) < 4.78 is 18.5. The van der Waals surface area contributed by atoms with Crippen molar-refractivity contribution in [2.75, 3.05) is 37.7 Å². The van der Waals surface area contributed by atoms with Crippen LogP contribution in [0.4, 0.5) is 10.1 Å². The lowest BCUT2D eigenvalue weighted by atomic mass is 9.91. The van der Waals surface area contributed by atoms with Gasteiger partial charge in [-0.15, -0.1) is 0 Å². The Balaban J connectivity index is 1.56. The topological polar surface area (TPSA) is 74.2 Å². The van der Waals surface area contributed by atoms with E-state index in [9.17, 15) is 14.0 Å². The van der Waals surface area contributed by atoms with Crippen LogP contribution in [0.1, 0.15) is 18.5 Å². The molecule has 1 saturated heterocycles. The van der Waals surface area contributed by atoms with Crippen LogP contribution in [-0.2, 0) is 14.3 Å². The highest BCUT2D eigenvalue weighted by molar-refractivity contribution is 6.08. The largest absolute Gasteiger partial charge is 0.465 e. The van der Waals surface area contributed by atoms with Gasteiger partial charge in [0.1, 0.15) is 11.9 Å². The van der Waals surface area contributed by atoms with E-state index in [0.717, 1.165) is 18.8 Å². The molecule has 8 heteroatoms. The minimum Gasteiger partial charge on any atom is -0.465 e. The Bertz CT molecular complexity index is 957. The zero-order valence-corrected chi connectivity index (χ0v) is 17.3. The number of para-hydroxylation sites is 1. The van der Waals surface area contributed by atoms with E-state index in [-0.39, 0.29) is 6.61 Å². The minimum atomic E-state index is -1.11. The number of benzene rings is 2. The molecule has 2 aliphatic rings. The van der Waals surface area contributed by atoms with Gasteiger partial charge in [-0.2, -0.15) is 0 Å². The van der Waals surface area contributed by atoms with Gasteiger partial charge >= 0.3 is 5.97 Å². The first-order valence-corrected chi connectivity index (χ1v) is 10.4. The Hall–Kier alpha value is -3.42. The second-order valence-corrected chi connectivity index (χ2v) is 7.48. The van der Waals surface area contributed by atoms with Crippen LogP contribution < -0.4 is 10.2 Å². The quantitative estimate of drug-likeness (QED) is 0.603. The summed E-state index contributed by atoms with van der Waals surface area (Å²) in [6, 6.07) is 15.1. The zero-order valence-electron chi connectivity index (χ0n) is 17.3. The van der Waals surface area contributed by atoms with Crippen LogP contribution in [-0.4, -0.2) is 55.5 Å². The predicted octanol–water partition coefficient (Wildman–Crippen LogP) is 2.35. The van der Waals surface area contributed by atoms with E-state index in [1.165, 1.54) is 12.1 Å². The Kier molecular flexibility index (Phi) is 6.16. The molecule has 0 spiro atoms. The molecule has 162 valence electrons. The van der Waals surface area contributed by atoms with Gasteiger partial charge in [-0.1, -0.05) is 30.3 Å². The van der Waals surface area contributed by atoms with Gasteiger partial charge in [0, 0.05) is 31.9 Å². The highest BCUT2D eigenvalue weighted by atomic mass is 19.1. The molecule has 31 heavy (non-hydrogen) atoms. The number of hydrogen-bond donors (Lipinski definition) is 1. The summed E-state index contributed by atoms with van der Waals surface area (Å²) in [5, 5.41) is 2.78. The molecule has 2 atom stereocenters. The van der Waals surface area contributed by atoms with Crippen molar-refractivity contribution in [3.05, 3.63) is 66.0 Å². The average Bonchev–Trinajstić information content (AvgIpc) is 2.80. The number of hydrogen-bond acceptors (Lipinski definition) is 6. The standard InChI is InChI=1S/C23H25FN4O3/c1-2-31-22(30)19-20(16-8-10-17(24)11-9-16)25-23(26-21(19)29)28-14-12-27(13-15-28)18-6-4-3-5-7-18/h3-11,19-20H,2,12-15H2,1H3,(H,25,26,29). The molecule has 1 fully saturated rings. The van der Waals surface area contributed by atoms with Gasteiger partial charge in [0.2, 0.25) is 11.9 Å². The first-order valence-electron chi connectivity index (χ1n) is 10.4. The number of carbonyl (C=O) groups is 2. The summed E-state index contributed by atoms with van der Waals surface area (Å²) in [6.07, 6.45) is 0. The van der Waals surface area contributed by atoms with Crippen LogP contribution in [0.3, 0.4) is 0 Å². The summed E-state index contributed by atoms with van der Waals surface area (Å²) in [6.45, 7) is 4.76. The second kappa shape index (κ2) is 9.16. The molecule has 4 rings (SSSR count). The lowest BCUT2D eigenvalue weighted by Crippen LogP contribution is -2.57. The Morgan fingerprint density at radius 2 is 1.71 bits per heavy atom. The third-order valence-corrected chi connectivity index (χ3v) is 5.55. The van der Waals surface area contributed by atoms with Gasteiger partial charge < -0.3 is 14.5 Å². The molecule has 2 aromatic rings. The van der Waals surface area contributed by atoms with E-state index >= 15 is 0 Å². The number of carbonyl (C=O) groups excluding carboxylic acids is 2. The third kappa shape index (κ3) is 4.52. The average molecular weight is 424 g/mol. The van der Waals surface area contributed by atoms with Crippen molar-refractivity contribution in [2.45, 2.75) is 13.0 Å². The van der Waals surface area contributed by atoms with Crippen molar-refractivity contribution in [2.24, 2.45) is 10.9 Å². The maximum atomic E-state index is 13.4. The third-order valence-electron chi connectivity index (χ3n) is 5.55. The molecular formula is C23H25FN4O3. The van der Waals surface area contributed by atoms with Crippen molar-refractivity contribution in [1.29, 1.82) is 0 Å². The van der Waals surface area contributed by atoms with Crippen LogP contribution in [0.5, 0.6) is 0 Å². The molecule has 0 radical (unpaired) electrons. The van der Waals surface area contributed by atoms with Crippen molar-refractivity contribution in [3.8, 4) is 0 Å². The molecule has 1 amide bonds. The highest BCUT2D eigenvalue weighted by Gasteiger charge is 2.42. The number of guanidine groups is 1. The van der Waals surface area contributed by atoms with Crippen molar-refractivity contribution < 1.29 is 18.7 Å². The molecule has 2 aliphatic heterocycles. The van der Waals surface area contributed by atoms with E-state index in [0.29, 0.717) is 24.6 Å². The number of aliphatic imine (C=N–C) groups is 1. The Morgan fingerprint density at radius 3 is 2.35 bits per heavy atom. The number of nitrogens with zero attached hydrogens (tertiary/aromatic N) is 3. The fraction of sp³-hybridized carbons (Fsp3) is 0.348. The smallest absolute Gasteiger partial charge is 0.321 e. The molecule has 2 aromatic carbocycles. The van der Waals surface area contributed by atoms with Crippen LogP contribution in [0.25, 0.3) is 0 Å². The number of amides is 1. The van der Waals surface area contributed by atoms with Crippen molar-refractivity contribution in [1.82, 2.24) is 10.2 Å². The van der Waals surface area contributed by atoms with E-state index in [1.54, 1.807) is 19.1 Å². The number of nitrogens with one attached hydrogen (secondary N) is 1. The summed E-state index contributed by atoms with van der Waals surface area (Å²) in [4.78, 5) is 34.4. The van der Waals surface area contributed by atoms with Gasteiger partial charge in [-0.3, -0.25) is 14.9 Å². The molecule has 1 N–H and O–H groups in total. The minimum absolute atomic E-state index is 0.163.